The smallest absolute Gasteiger partial charge is 0.191 e. The van der Waals surface area contributed by atoms with E-state index in [2.05, 4.69) is 36.4 Å². The van der Waals surface area contributed by atoms with Crippen LogP contribution in [0.5, 0.6) is 11.5 Å². The first kappa shape index (κ1) is 20.8. The highest BCUT2D eigenvalue weighted by atomic mass is 127. The fourth-order valence-electron chi connectivity index (χ4n) is 1.90. The normalized spacial score (nSPS) is 12.1. The van der Waals surface area contributed by atoms with E-state index in [1.165, 1.54) is 0 Å². The van der Waals surface area contributed by atoms with Gasteiger partial charge in [-0.3, -0.25) is 0 Å². The molecule has 22 heavy (non-hydrogen) atoms. The molecule has 1 aromatic carbocycles. The molecule has 2 N–H and O–H groups in total. The third-order valence-corrected chi connectivity index (χ3v) is 3.23. The lowest BCUT2D eigenvalue weighted by molar-refractivity contribution is 0.352. The van der Waals surface area contributed by atoms with Gasteiger partial charge < -0.3 is 20.1 Å². The second-order valence-corrected chi connectivity index (χ2v) is 4.80. The Hall–Kier alpha value is -1.18. The largest absolute Gasteiger partial charge is 0.493 e. The van der Waals surface area contributed by atoms with E-state index in [0.717, 1.165) is 36.0 Å². The first-order chi connectivity index (χ1) is 10.2. The summed E-state index contributed by atoms with van der Waals surface area (Å²) in [5.41, 5.74) is 0.998. The Balaban J connectivity index is 0.00000441. The molecule has 1 aromatic rings. The van der Waals surface area contributed by atoms with E-state index in [-0.39, 0.29) is 24.0 Å². The van der Waals surface area contributed by atoms with Gasteiger partial charge in [-0.2, -0.15) is 0 Å². The number of nitrogens with one attached hydrogen (secondary N) is 2. The van der Waals surface area contributed by atoms with Gasteiger partial charge in [0.1, 0.15) is 0 Å². The molecule has 0 heterocycles. The molecule has 0 aliphatic heterocycles. The summed E-state index contributed by atoms with van der Waals surface area (Å²) in [6.07, 6.45) is 1.05. The van der Waals surface area contributed by atoms with Crippen LogP contribution in [0.4, 0.5) is 0 Å². The standard InChI is InChI=1S/C16H27N3O2.HI/c1-6-12(3)19-16(17-7-2)18-11-13-9-8-10-14(20-4)15(13)21-5;/h8-10,12H,6-7,11H2,1-5H3,(H2,17,18,19);1H. The lowest BCUT2D eigenvalue weighted by Gasteiger charge is -2.17. The molecule has 5 nitrogen and oxygen atoms in total. The number of halogens is 1. The minimum atomic E-state index is 0. The number of para-hydroxylation sites is 1. The molecule has 0 bridgehead atoms. The molecule has 0 aliphatic carbocycles. The Morgan fingerprint density at radius 3 is 2.50 bits per heavy atom. The Kier molecular flexibility index (Phi) is 10.8. The molecule has 1 unspecified atom stereocenters. The summed E-state index contributed by atoms with van der Waals surface area (Å²) in [6.45, 7) is 7.70. The molecule has 0 radical (unpaired) electrons. The first-order valence-electron chi connectivity index (χ1n) is 7.40. The summed E-state index contributed by atoms with van der Waals surface area (Å²) in [6, 6.07) is 6.21. The van der Waals surface area contributed by atoms with Crippen molar-refractivity contribution in [1.29, 1.82) is 0 Å². The molecule has 0 aliphatic rings. The zero-order valence-electron chi connectivity index (χ0n) is 14.1. The highest BCUT2D eigenvalue weighted by Gasteiger charge is 2.09. The van der Waals surface area contributed by atoms with Crippen LogP contribution in [0.25, 0.3) is 0 Å². The Morgan fingerprint density at radius 1 is 1.23 bits per heavy atom. The van der Waals surface area contributed by atoms with Crippen LogP contribution in [0.3, 0.4) is 0 Å². The first-order valence-corrected chi connectivity index (χ1v) is 7.40. The molecule has 0 saturated carbocycles. The average Bonchev–Trinajstić information content (AvgIpc) is 2.51. The number of nitrogens with zero attached hydrogens (tertiary/aromatic N) is 1. The van der Waals surface area contributed by atoms with Crippen molar-refractivity contribution in [2.45, 2.75) is 39.8 Å². The fourth-order valence-corrected chi connectivity index (χ4v) is 1.90. The SMILES string of the molecule is CCNC(=NCc1cccc(OC)c1OC)NC(C)CC.I. The Labute approximate surface area is 150 Å². The number of rotatable bonds is 7. The highest BCUT2D eigenvalue weighted by molar-refractivity contribution is 14.0. The van der Waals surface area contributed by atoms with Crippen molar-refractivity contribution >= 4 is 29.9 Å². The van der Waals surface area contributed by atoms with E-state index in [1.807, 2.05) is 18.2 Å². The molecule has 0 fully saturated rings. The maximum atomic E-state index is 5.43. The maximum absolute atomic E-state index is 5.43. The Morgan fingerprint density at radius 2 is 1.95 bits per heavy atom. The summed E-state index contributed by atoms with van der Waals surface area (Å²) >= 11 is 0. The minimum Gasteiger partial charge on any atom is -0.493 e. The minimum absolute atomic E-state index is 0. The van der Waals surface area contributed by atoms with Gasteiger partial charge in [-0.05, 0) is 26.3 Å². The highest BCUT2D eigenvalue weighted by Crippen LogP contribution is 2.30. The monoisotopic (exact) mass is 421 g/mol. The van der Waals surface area contributed by atoms with Crippen LogP contribution in [-0.4, -0.2) is 32.8 Å². The van der Waals surface area contributed by atoms with Crippen molar-refractivity contribution in [1.82, 2.24) is 10.6 Å². The molecule has 126 valence electrons. The second-order valence-electron chi connectivity index (χ2n) is 4.80. The number of guanidine groups is 1. The summed E-state index contributed by atoms with van der Waals surface area (Å²) < 4.78 is 10.7. The predicted octanol–water partition coefficient (Wildman–Crippen LogP) is 3.18. The van der Waals surface area contributed by atoms with Gasteiger partial charge in [0.15, 0.2) is 17.5 Å². The van der Waals surface area contributed by atoms with E-state index in [4.69, 9.17) is 9.47 Å². The van der Waals surface area contributed by atoms with Crippen LogP contribution in [-0.2, 0) is 6.54 Å². The van der Waals surface area contributed by atoms with Gasteiger partial charge in [-0.25, -0.2) is 4.99 Å². The van der Waals surface area contributed by atoms with Crippen LogP contribution >= 0.6 is 24.0 Å². The number of benzene rings is 1. The number of aliphatic imine (C=N–C) groups is 1. The van der Waals surface area contributed by atoms with Gasteiger partial charge >= 0.3 is 0 Å². The quantitative estimate of drug-likeness (QED) is 0.404. The molecule has 0 spiro atoms. The van der Waals surface area contributed by atoms with Gasteiger partial charge in [0.2, 0.25) is 0 Å². The fraction of sp³-hybridized carbons (Fsp3) is 0.562. The topological polar surface area (TPSA) is 54.9 Å². The van der Waals surface area contributed by atoms with Crippen molar-refractivity contribution in [3.05, 3.63) is 23.8 Å². The molecular weight excluding hydrogens is 393 g/mol. The lowest BCUT2D eigenvalue weighted by atomic mass is 10.2. The van der Waals surface area contributed by atoms with Gasteiger partial charge in [-0.15, -0.1) is 24.0 Å². The van der Waals surface area contributed by atoms with Crippen molar-refractivity contribution in [3.63, 3.8) is 0 Å². The number of hydrogen-bond acceptors (Lipinski definition) is 3. The lowest BCUT2D eigenvalue weighted by Crippen LogP contribution is -2.41. The van der Waals surface area contributed by atoms with E-state index in [0.29, 0.717) is 12.6 Å². The van der Waals surface area contributed by atoms with Crippen molar-refractivity contribution in [2.75, 3.05) is 20.8 Å². The van der Waals surface area contributed by atoms with Gasteiger partial charge in [-0.1, -0.05) is 19.1 Å². The molecule has 1 rings (SSSR count). The molecule has 6 heteroatoms. The van der Waals surface area contributed by atoms with E-state index < -0.39 is 0 Å². The third kappa shape index (κ3) is 6.29. The zero-order valence-corrected chi connectivity index (χ0v) is 16.4. The summed E-state index contributed by atoms with van der Waals surface area (Å²) in [5, 5.41) is 6.62. The molecule has 0 saturated heterocycles. The van der Waals surface area contributed by atoms with Crippen molar-refractivity contribution < 1.29 is 9.47 Å². The van der Waals surface area contributed by atoms with Gasteiger partial charge in [0.05, 0.1) is 20.8 Å². The van der Waals surface area contributed by atoms with Crippen LogP contribution in [0.15, 0.2) is 23.2 Å². The summed E-state index contributed by atoms with van der Waals surface area (Å²) in [4.78, 5) is 4.61. The Bertz CT molecular complexity index is 467. The zero-order chi connectivity index (χ0) is 15.7. The molecular formula is C16H28IN3O2. The molecule has 0 amide bonds. The average molecular weight is 421 g/mol. The maximum Gasteiger partial charge on any atom is 0.191 e. The summed E-state index contributed by atoms with van der Waals surface area (Å²) in [5.74, 6) is 2.28. The third-order valence-electron chi connectivity index (χ3n) is 3.23. The van der Waals surface area contributed by atoms with Crippen molar-refractivity contribution in [3.8, 4) is 11.5 Å². The van der Waals surface area contributed by atoms with Crippen molar-refractivity contribution in [2.24, 2.45) is 4.99 Å². The second kappa shape index (κ2) is 11.4. The van der Waals surface area contributed by atoms with E-state index in [9.17, 15) is 0 Å². The van der Waals surface area contributed by atoms with Gasteiger partial charge in [0, 0.05) is 18.2 Å². The number of ether oxygens (including phenoxy) is 2. The van der Waals surface area contributed by atoms with Gasteiger partial charge in [0.25, 0.3) is 0 Å². The van der Waals surface area contributed by atoms with Crippen LogP contribution < -0.4 is 20.1 Å². The van der Waals surface area contributed by atoms with Crippen LogP contribution in [0.1, 0.15) is 32.8 Å². The molecule has 1 atom stereocenters. The predicted molar refractivity (Wildman–Crippen MR) is 103 cm³/mol. The van der Waals surface area contributed by atoms with E-state index >= 15 is 0 Å². The van der Waals surface area contributed by atoms with Crippen LogP contribution in [0, 0.1) is 0 Å². The van der Waals surface area contributed by atoms with E-state index in [1.54, 1.807) is 14.2 Å². The van der Waals surface area contributed by atoms with Crippen LogP contribution in [0.2, 0.25) is 0 Å². The number of hydrogen-bond donors (Lipinski definition) is 2. The summed E-state index contributed by atoms with van der Waals surface area (Å²) in [7, 11) is 3.28. The molecule has 0 aromatic heterocycles. The number of methoxy groups -OCH3 is 2.